The van der Waals surface area contributed by atoms with Crippen molar-refractivity contribution in [3.05, 3.63) is 0 Å². The number of nitrogens with zero attached hydrogens (tertiary/aromatic N) is 1. The number of hydrogen-bond donors (Lipinski definition) is 1. The van der Waals surface area contributed by atoms with Crippen LogP contribution in [0.2, 0.25) is 0 Å². The van der Waals surface area contributed by atoms with Crippen LogP contribution in [0.3, 0.4) is 0 Å². The van der Waals surface area contributed by atoms with Gasteiger partial charge in [0.2, 0.25) is 0 Å². The van der Waals surface area contributed by atoms with Gasteiger partial charge in [0.15, 0.2) is 0 Å². The summed E-state index contributed by atoms with van der Waals surface area (Å²) in [5, 5.41) is 3.71. The average Bonchev–Trinajstić information content (AvgIpc) is 2.60. The Morgan fingerprint density at radius 3 is 2.71 bits per heavy atom. The van der Waals surface area contributed by atoms with Crippen LogP contribution >= 0.6 is 11.8 Å². The van der Waals surface area contributed by atoms with E-state index >= 15 is 0 Å². The van der Waals surface area contributed by atoms with Gasteiger partial charge in [0.1, 0.15) is 5.60 Å². The summed E-state index contributed by atoms with van der Waals surface area (Å²) in [6.07, 6.45) is 6.39. The Morgan fingerprint density at radius 2 is 2.10 bits per heavy atom. The number of amides is 1. The fourth-order valence-electron chi connectivity index (χ4n) is 2.55. The fraction of sp³-hybridized carbons (Fsp3) is 0.938. The third kappa shape index (κ3) is 7.96. The molecule has 2 unspecified atom stereocenters. The Hall–Kier alpha value is -0.420. The Morgan fingerprint density at radius 1 is 1.38 bits per heavy atom. The van der Waals surface area contributed by atoms with Crippen molar-refractivity contribution in [3.8, 4) is 0 Å². The molecule has 0 aromatic carbocycles. The molecule has 1 heterocycles. The van der Waals surface area contributed by atoms with Gasteiger partial charge < -0.3 is 15.0 Å². The molecule has 0 aromatic heterocycles. The third-order valence-corrected chi connectivity index (χ3v) is 4.30. The van der Waals surface area contributed by atoms with Crippen molar-refractivity contribution in [1.29, 1.82) is 0 Å². The van der Waals surface area contributed by atoms with Crippen LogP contribution in [0.15, 0.2) is 0 Å². The maximum atomic E-state index is 12.1. The summed E-state index contributed by atoms with van der Waals surface area (Å²) < 4.78 is 5.47. The van der Waals surface area contributed by atoms with Gasteiger partial charge in [-0.05, 0) is 65.4 Å². The first-order valence-corrected chi connectivity index (χ1v) is 9.44. The van der Waals surface area contributed by atoms with Gasteiger partial charge in [0, 0.05) is 25.2 Å². The van der Waals surface area contributed by atoms with Crippen molar-refractivity contribution in [2.75, 3.05) is 25.1 Å². The lowest BCUT2D eigenvalue weighted by Gasteiger charge is -2.26. The second-order valence-electron chi connectivity index (χ2n) is 6.94. The lowest BCUT2D eigenvalue weighted by atomic mass is 10.1. The predicted octanol–water partition coefficient (Wildman–Crippen LogP) is 3.51. The number of hydrogen-bond acceptors (Lipinski definition) is 4. The zero-order valence-corrected chi connectivity index (χ0v) is 15.1. The molecule has 0 spiro atoms. The molecular formula is C16H32N2O2S. The summed E-state index contributed by atoms with van der Waals surface area (Å²) in [4.78, 5) is 14.0. The first-order valence-electron chi connectivity index (χ1n) is 8.04. The van der Waals surface area contributed by atoms with Crippen molar-refractivity contribution >= 4 is 17.9 Å². The largest absolute Gasteiger partial charge is 0.444 e. The molecule has 2 atom stereocenters. The molecule has 1 saturated heterocycles. The Labute approximate surface area is 134 Å². The van der Waals surface area contributed by atoms with E-state index in [1.807, 2.05) is 37.4 Å². The molecule has 0 saturated carbocycles. The highest BCUT2D eigenvalue weighted by molar-refractivity contribution is 7.98. The summed E-state index contributed by atoms with van der Waals surface area (Å²) in [5.74, 6) is 1.20. The van der Waals surface area contributed by atoms with E-state index in [-0.39, 0.29) is 6.09 Å². The van der Waals surface area contributed by atoms with E-state index in [4.69, 9.17) is 4.74 Å². The van der Waals surface area contributed by atoms with E-state index in [1.54, 1.807) is 0 Å². The molecule has 1 aliphatic heterocycles. The van der Waals surface area contributed by atoms with E-state index < -0.39 is 5.60 Å². The highest BCUT2D eigenvalue weighted by Crippen LogP contribution is 2.16. The maximum Gasteiger partial charge on any atom is 0.410 e. The van der Waals surface area contributed by atoms with Gasteiger partial charge in [-0.1, -0.05) is 0 Å². The highest BCUT2D eigenvalue weighted by atomic mass is 32.2. The molecule has 1 amide bonds. The molecule has 21 heavy (non-hydrogen) atoms. The minimum atomic E-state index is -0.409. The van der Waals surface area contributed by atoms with Crippen molar-refractivity contribution in [2.24, 2.45) is 0 Å². The molecule has 1 N–H and O–H groups in total. The first-order chi connectivity index (χ1) is 9.81. The number of nitrogens with one attached hydrogen (secondary N) is 1. The van der Waals surface area contributed by atoms with Gasteiger partial charge in [-0.25, -0.2) is 4.79 Å². The summed E-state index contributed by atoms with van der Waals surface area (Å²) >= 11 is 1.90. The van der Waals surface area contributed by atoms with Crippen LogP contribution in [-0.4, -0.2) is 53.8 Å². The van der Waals surface area contributed by atoms with E-state index in [2.05, 4.69) is 18.5 Å². The molecule has 4 nitrogen and oxygen atoms in total. The minimum absolute atomic E-state index is 0.168. The molecule has 0 aromatic rings. The van der Waals surface area contributed by atoms with Gasteiger partial charge in [-0.3, -0.25) is 0 Å². The second-order valence-corrected chi connectivity index (χ2v) is 7.93. The van der Waals surface area contributed by atoms with Crippen LogP contribution in [0.25, 0.3) is 0 Å². The maximum absolute atomic E-state index is 12.1. The summed E-state index contributed by atoms with van der Waals surface area (Å²) in [7, 11) is 0. The second kappa shape index (κ2) is 8.89. The number of ether oxygens (including phenoxy) is 1. The summed E-state index contributed by atoms with van der Waals surface area (Å²) in [6.45, 7) is 9.61. The molecule has 5 heteroatoms. The summed E-state index contributed by atoms with van der Waals surface area (Å²) in [6, 6.07) is 1.07. The normalized spacial score (nSPS) is 21.8. The third-order valence-electron chi connectivity index (χ3n) is 3.65. The number of likely N-dealkylation sites (tertiary alicyclic amines) is 1. The van der Waals surface area contributed by atoms with Crippen LogP contribution in [0.5, 0.6) is 0 Å². The summed E-state index contributed by atoms with van der Waals surface area (Å²) in [5.41, 5.74) is -0.409. The monoisotopic (exact) mass is 316 g/mol. The molecule has 124 valence electrons. The van der Waals surface area contributed by atoms with Gasteiger partial charge in [-0.15, -0.1) is 0 Å². The van der Waals surface area contributed by atoms with Crippen LogP contribution in [0.4, 0.5) is 4.79 Å². The molecular weight excluding hydrogens is 284 g/mol. The van der Waals surface area contributed by atoms with Gasteiger partial charge >= 0.3 is 6.09 Å². The molecule has 1 fully saturated rings. The van der Waals surface area contributed by atoms with E-state index in [9.17, 15) is 4.79 Å². The Kier molecular flexibility index (Phi) is 7.88. The molecule has 1 aliphatic rings. The van der Waals surface area contributed by atoms with Gasteiger partial charge in [-0.2, -0.15) is 11.8 Å². The topological polar surface area (TPSA) is 41.6 Å². The Balaban J connectivity index is 2.38. The zero-order chi connectivity index (χ0) is 15.9. The highest BCUT2D eigenvalue weighted by Gasteiger charge is 2.25. The lowest BCUT2D eigenvalue weighted by Crippen LogP contribution is -2.39. The van der Waals surface area contributed by atoms with E-state index in [0.717, 1.165) is 32.4 Å². The average molecular weight is 317 g/mol. The smallest absolute Gasteiger partial charge is 0.410 e. The van der Waals surface area contributed by atoms with Gasteiger partial charge in [0.25, 0.3) is 0 Å². The minimum Gasteiger partial charge on any atom is -0.444 e. The van der Waals surface area contributed by atoms with Crippen LogP contribution in [0, 0.1) is 0 Å². The Bertz CT molecular complexity index is 318. The fourth-order valence-corrected chi connectivity index (χ4v) is 3.14. The van der Waals surface area contributed by atoms with Crippen molar-refractivity contribution in [1.82, 2.24) is 10.2 Å². The van der Waals surface area contributed by atoms with Gasteiger partial charge in [0.05, 0.1) is 0 Å². The standard InChI is InChI=1S/C16H32N2O2S/c1-13(9-12-21-5)17-14-7-6-10-18(11-8-14)15(19)20-16(2,3)4/h13-14,17H,6-12H2,1-5H3. The predicted molar refractivity (Wildman–Crippen MR) is 91.0 cm³/mol. The quantitative estimate of drug-likeness (QED) is 0.843. The first kappa shape index (κ1) is 18.6. The van der Waals surface area contributed by atoms with E-state index in [0.29, 0.717) is 12.1 Å². The SMILES string of the molecule is CSCCC(C)NC1CCCN(C(=O)OC(C)(C)C)CC1. The van der Waals surface area contributed by atoms with Crippen molar-refractivity contribution in [2.45, 2.75) is 71.1 Å². The van der Waals surface area contributed by atoms with Crippen molar-refractivity contribution in [3.63, 3.8) is 0 Å². The number of carbonyl (C=O) groups excluding carboxylic acids is 1. The number of rotatable bonds is 5. The number of thioether (sulfide) groups is 1. The molecule has 0 bridgehead atoms. The molecule has 0 radical (unpaired) electrons. The van der Waals surface area contributed by atoms with Crippen molar-refractivity contribution < 1.29 is 9.53 Å². The molecule has 1 rings (SSSR count). The number of carbonyl (C=O) groups is 1. The zero-order valence-electron chi connectivity index (χ0n) is 14.3. The molecule has 0 aliphatic carbocycles. The van der Waals surface area contributed by atoms with E-state index in [1.165, 1.54) is 12.2 Å². The lowest BCUT2D eigenvalue weighted by molar-refractivity contribution is 0.0256. The van der Waals surface area contributed by atoms with Crippen LogP contribution < -0.4 is 5.32 Å². The van der Waals surface area contributed by atoms with Crippen LogP contribution in [0.1, 0.15) is 53.4 Å². The van der Waals surface area contributed by atoms with Crippen LogP contribution in [-0.2, 0) is 4.74 Å².